The molecule has 0 radical (unpaired) electrons. The summed E-state index contributed by atoms with van der Waals surface area (Å²) in [5.41, 5.74) is 1.16. The molecular formula is C14H19Cl2NO. The van der Waals surface area contributed by atoms with E-state index in [0.29, 0.717) is 0 Å². The van der Waals surface area contributed by atoms with E-state index in [4.69, 9.17) is 27.9 Å². The normalized spacial score (nSPS) is 24.2. The number of hydrogen-bond acceptors (Lipinski definition) is 2. The van der Waals surface area contributed by atoms with Crippen molar-refractivity contribution in [3.8, 4) is 0 Å². The average molecular weight is 288 g/mol. The van der Waals surface area contributed by atoms with Crippen LogP contribution in [0.3, 0.4) is 0 Å². The van der Waals surface area contributed by atoms with Crippen molar-refractivity contribution in [2.45, 2.75) is 19.3 Å². The molecule has 2 nitrogen and oxygen atoms in total. The standard InChI is InChI=1S/C14H19Cl2NO/c1-17-9-14(6-3-7-18-10-14)8-11-12(15)4-2-5-13(11)16/h2,4-5,17H,3,6-10H2,1H3. The Kier molecular flexibility index (Phi) is 4.91. The van der Waals surface area contributed by atoms with Crippen molar-refractivity contribution in [2.75, 3.05) is 26.8 Å². The molecule has 1 heterocycles. The number of hydrogen-bond donors (Lipinski definition) is 1. The van der Waals surface area contributed by atoms with Crippen LogP contribution in [0.1, 0.15) is 18.4 Å². The van der Waals surface area contributed by atoms with Crippen molar-refractivity contribution in [1.29, 1.82) is 0 Å². The van der Waals surface area contributed by atoms with Crippen LogP contribution in [0, 0.1) is 5.41 Å². The minimum absolute atomic E-state index is 0.113. The summed E-state index contributed by atoms with van der Waals surface area (Å²) in [5, 5.41) is 4.78. The Labute approximate surface area is 119 Å². The van der Waals surface area contributed by atoms with Gasteiger partial charge in [-0.25, -0.2) is 0 Å². The summed E-state index contributed by atoms with van der Waals surface area (Å²) in [5.74, 6) is 0. The number of halogens is 2. The summed E-state index contributed by atoms with van der Waals surface area (Å²) < 4.78 is 5.66. The molecule has 0 aliphatic carbocycles. The third-order valence-corrected chi connectivity index (χ3v) is 4.28. The lowest BCUT2D eigenvalue weighted by Crippen LogP contribution is -2.41. The molecule has 1 fully saturated rings. The third kappa shape index (κ3) is 3.18. The Morgan fingerprint density at radius 1 is 1.33 bits per heavy atom. The molecule has 1 unspecified atom stereocenters. The second-order valence-corrected chi connectivity index (χ2v) is 5.88. The zero-order chi connectivity index (χ0) is 13.0. The monoisotopic (exact) mass is 287 g/mol. The van der Waals surface area contributed by atoms with Crippen LogP contribution in [0.15, 0.2) is 18.2 Å². The smallest absolute Gasteiger partial charge is 0.0537 e. The van der Waals surface area contributed by atoms with Gasteiger partial charge in [-0.1, -0.05) is 29.3 Å². The zero-order valence-corrected chi connectivity index (χ0v) is 12.2. The molecule has 1 atom stereocenters. The minimum atomic E-state index is 0.113. The number of rotatable bonds is 4. The molecule has 18 heavy (non-hydrogen) atoms. The molecule has 0 saturated carbocycles. The van der Waals surface area contributed by atoms with E-state index in [1.165, 1.54) is 0 Å². The number of nitrogens with one attached hydrogen (secondary N) is 1. The second-order valence-electron chi connectivity index (χ2n) is 5.06. The molecule has 1 aromatic rings. The van der Waals surface area contributed by atoms with Gasteiger partial charge in [-0.2, -0.15) is 0 Å². The predicted molar refractivity (Wildman–Crippen MR) is 76.6 cm³/mol. The quantitative estimate of drug-likeness (QED) is 0.914. The van der Waals surface area contributed by atoms with Gasteiger partial charge in [0.2, 0.25) is 0 Å². The first-order chi connectivity index (χ1) is 8.67. The molecule has 2 rings (SSSR count). The van der Waals surface area contributed by atoms with Crippen molar-refractivity contribution in [2.24, 2.45) is 5.41 Å². The van der Waals surface area contributed by atoms with Crippen LogP contribution in [0.25, 0.3) is 0 Å². The van der Waals surface area contributed by atoms with E-state index in [0.717, 1.165) is 54.6 Å². The summed E-state index contributed by atoms with van der Waals surface area (Å²) in [6.07, 6.45) is 3.12. The fourth-order valence-corrected chi connectivity index (χ4v) is 3.23. The highest BCUT2D eigenvalue weighted by atomic mass is 35.5. The van der Waals surface area contributed by atoms with Crippen LogP contribution >= 0.6 is 23.2 Å². The molecule has 0 bridgehead atoms. The highest BCUT2D eigenvalue weighted by Gasteiger charge is 2.33. The van der Waals surface area contributed by atoms with Gasteiger partial charge in [0.25, 0.3) is 0 Å². The lowest BCUT2D eigenvalue weighted by molar-refractivity contribution is -0.00621. The van der Waals surface area contributed by atoms with Gasteiger partial charge in [-0.15, -0.1) is 0 Å². The van der Waals surface area contributed by atoms with E-state index in [-0.39, 0.29) is 5.41 Å². The highest BCUT2D eigenvalue weighted by molar-refractivity contribution is 6.36. The van der Waals surface area contributed by atoms with Crippen molar-refractivity contribution in [3.05, 3.63) is 33.8 Å². The van der Waals surface area contributed by atoms with Gasteiger partial charge in [0, 0.05) is 28.6 Å². The molecular weight excluding hydrogens is 269 g/mol. The van der Waals surface area contributed by atoms with Gasteiger partial charge < -0.3 is 10.1 Å². The molecule has 4 heteroatoms. The van der Waals surface area contributed by atoms with Gasteiger partial charge in [0.05, 0.1) is 6.61 Å². The van der Waals surface area contributed by atoms with E-state index in [1.807, 2.05) is 25.2 Å². The number of benzene rings is 1. The van der Waals surface area contributed by atoms with Crippen LogP contribution in [0.2, 0.25) is 10.0 Å². The molecule has 1 aliphatic heterocycles. The SMILES string of the molecule is CNCC1(Cc2c(Cl)cccc2Cl)CCCOC1. The molecule has 1 N–H and O–H groups in total. The highest BCUT2D eigenvalue weighted by Crippen LogP contribution is 2.36. The maximum absolute atomic E-state index is 6.27. The molecule has 0 aromatic heterocycles. The van der Waals surface area contributed by atoms with Crippen molar-refractivity contribution in [1.82, 2.24) is 5.32 Å². The van der Waals surface area contributed by atoms with Crippen LogP contribution in [0.4, 0.5) is 0 Å². The molecule has 1 saturated heterocycles. The lowest BCUT2D eigenvalue weighted by atomic mass is 9.77. The van der Waals surface area contributed by atoms with Gasteiger partial charge >= 0.3 is 0 Å². The lowest BCUT2D eigenvalue weighted by Gasteiger charge is -2.37. The van der Waals surface area contributed by atoms with E-state index >= 15 is 0 Å². The van der Waals surface area contributed by atoms with Crippen LogP contribution in [0.5, 0.6) is 0 Å². The van der Waals surface area contributed by atoms with E-state index < -0.39 is 0 Å². The van der Waals surface area contributed by atoms with E-state index in [2.05, 4.69) is 5.32 Å². The Morgan fingerprint density at radius 3 is 2.61 bits per heavy atom. The second kappa shape index (κ2) is 6.25. The van der Waals surface area contributed by atoms with Crippen LogP contribution in [-0.2, 0) is 11.2 Å². The molecule has 1 aliphatic rings. The Hall–Kier alpha value is -0.280. The van der Waals surface area contributed by atoms with Crippen LogP contribution < -0.4 is 5.32 Å². The van der Waals surface area contributed by atoms with Crippen molar-refractivity contribution < 1.29 is 4.74 Å². The van der Waals surface area contributed by atoms with Gasteiger partial charge in [-0.05, 0) is 44.0 Å². The number of ether oxygens (including phenoxy) is 1. The molecule has 0 amide bonds. The van der Waals surface area contributed by atoms with Gasteiger partial charge in [0.15, 0.2) is 0 Å². The maximum Gasteiger partial charge on any atom is 0.0537 e. The molecule has 0 spiro atoms. The third-order valence-electron chi connectivity index (χ3n) is 3.57. The first kappa shape index (κ1) is 14.1. The van der Waals surface area contributed by atoms with Gasteiger partial charge in [-0.3, -0.25) is 0 Å². The summed E-state index contributed by atoms with van der Waals surface area (Å²) >= 11 is 12.5. The van der Waals surface area contributed by atoms with Crippen LogP contribution in [-0.4, -0.2) is 26.8 Å². The van der Waals surface area contributed by atoms with E-state index in [1.54, 1.807) is 0 Å². The van der Waals surface area contributed by atoms with Crippen molar-refractivity contribution in [3.63, 3.8) is 0 Å². The fraction of sp³-hybridized carbons (Fsp3) is 0.571. The Bertz CT molecular complexity index is 377. The fourth-order valence-electron chi connectivity index (χ4n) is 2.70. The summed E-state index contributed by atoms with van der Waals surface area (Å²) in [6, 6.07) is 5.69. The van der Waals surface area contributed by atoms with Gasteiger partial charge in [0.1, 0.15) is 0 Å². The topological polar surface area (TPSA) is 21.3 Å². The first-order valence-electron chi connectivity index (χ1n) is 6.32. The summed E-state index contributed by atoms with van der Waals surface area (Å²) in [4.78, 5) is 0. The maximum atomic E-state index is 6.27. The summed E-state index contributed by atoms with van der Waals surface area (Å²) in [6.45, 7) is 2.56. The Balaban J connectivity index is 2.23. The minimum Gasteiger partial charge on any atom is -0.381 e. The first-order valence-corrected chi connectivity index (χ1v) is 7.08. The Morgan fingerprint density at radius 2 is 2.06 bits per heavy atom. The van der Waals surface area contributed by atoms with Crippen molar-refractivity contribution >= 4 is 23.2 Å². The molecule has 1 aromatic carbocycles. The average Bonchev–Trinajstić information content (AvgIpc) is 2.36. The largest absolute Gasteiger partial charge is 0.381 e. The predicted octanol–water partition coefficient (Wildman–Crippen LogP) is 3.55. The van der Waals surface area contributed by atoms with E-state index in [9.17, 15) is 0 Å². The summed E-state index contributed by atoms with van der Waals surface area (Å²) in [7, 11) is 1.98. The zero-order valence-electron chi connectivity index (χ0n) is 10.6. The molecule has 100 valence electrons.